The smallest absolute Gasteiger partial charge is 0.337 e. The summed E-state index contributed by atoms with van der Waals surface area (Å²) >= 11 is 0. The van der Waals surface area contributed by atoms with Gasteiger partial charge in [-0.25, -0.2) is 4.79 Å². The van der Waals surface area contributed by atoms with E-state index in [0.29, 0.717) is 17.5 Å². The number of piperidine rings is 1. The molecule has 0 amide bonds. The van der Waals surface area contributed by atoms with Gasteiger partial charge in [0, 0.05) is 41.5 Å². The van der Waals surface area contributed by atoms with Gasteiger partial charge in [-0.1, -0.05) is 18.2 Å². The second-order valence-corrected chi connectivity index (χ2v) is 7.74. The van der Waals surface area contributed by atoms with Crippen LogP contribution in [-0.4, -0.2) is 42.2 Å². The van der Waals surface area contributed by atoms with Crippen LogP contribution in [0, 0.1) is 11.8 Å². The third-order valence-electron chi connectivity index (χ3n) is 6.54. The van der Waals surface area contributed by atoms with Crippen LogP contribution in [0.1, 0.15) is 30.6 Å². The molecule has 0 saturated carbocycles. The summed E-state index contributed by atoms with van der Waals surface area (Å²) < 4.78 is 10.8. The van der Waals surface area contributed by atoms with Gasteiger partial charge in [0.05, 0.1) is 31.1 Å². The maximum absolute atomic E-state index is 12.3. The predicted octanol–water partition coefficient (Wildman–Crippen LogP) is 3.18. The van der Waals surface area contributed by atoms with E-state index in [0.717, 1.165) is 25.9 Å². The maximum atomic E-state index is 12.3. The summed E-state index contributed by atoms with van der Waals surface area (Å²) in [6, 6.07) is 8.88. The van der Waals surface area contributed by atoms with Crippen molar-refractivity contribution in [3.63, 3.8) is 0 Å². The van der Waals surface area contributed by atoms with Crippen LogP contribution in [0.4, 0.5) is 0 Å². The van der Waals surface area contributed by atoms with Gasteiger partial charge in [0.1, 0.15) is 0 Å². The second-order valence-electron chi connectivity index (χ2n) is 7.74. The molecular formula is C21H24N2O3. The lowest BCUT2D eigenvalue weighted by molar-refractivity contribution is -0.139. The highest BCUT2D eigenvalue weighted by atomic mass is 16.5. The Morgan fingerprint density at radius 2 is 2.19 bits per heavy atom. The van der Waals surface area contributed by atoms with Crippen molar-refractivity contribution >= 4 is 16.9 Å². The zero-order chi connectivity index (χ0) is 17.8. The van der Waals surface area contributed by atoms with Crippen molar-refractivity contribution in [3.05, 3.63) is 47.4 Å². The van der Waals surface area contributed by atoms with E-state index in [2.05, 4.69) is 41.1 Å². The molecule has 5 rings (SSSR count). The van der Waals surface area contributed by atoms with Crippen LogP contribution in [0.2, 0.25) is 0 Å². The fourth-order valence-corrected chi connectivity index (χ4v) is 5.19. The van der Waals surface area contributed by atoms with E-state index < -0.39 is 0 Å². The number of para-hydroxylation sites is 1. The van der Waals surface area contributed by atoms with Crippen LogP contribution in [0.25, 0.3) is 10.9 Å². The van der Waals surface area contributed by atoms with Crippen molar-refractivity contribution < 1.29 is 14.3 Å². The van der Waals surface area contributed by atoms with Crippen LogP contribution in [0.3, 0.4) is 0 Å². The Balaban J connectivity index is 1.55. The predicted molar refractivity (Wildman–Crippen MR) is 98.6 cm³/mol. The SMILES string of the molecule is COC(=O)C1=CO[C@@H](C)C2CN3CCc4c([nH]c5ccccc45)C3C[C@@H]12. The summed E-state index contributed by atoms with van der Waals surface area (Å²) in [4.78, 5) is 18.5. The number of carbonyl (C=O) groups is 1. The number of hydrogen-bond acceptors (Lipinski definition) is 4. The molecule has 1 aromatic heterocycles. The van der Waals surface area contributed by atoms with Gasteiger partial charge < -0.3 is 14.5 Å². The molecule has 0 radical (unpaired) electrons. The third kappa shape index (κ3) is 2.23. The first-order valence-corrected chi connectivity index (χ1v) is 9.44. The van der Waals surface area contributed by atoms with Crippen LogP contribution < -0.4 is 0 Å². The monoisotopic (exact) mass is 352 g/mol. The van der Waals surface area contributed by atoms with E-state index in [4.69, 9.17) is 9.47 Å². The van der Waals surface area contributed by atoms with Crippen molar-refractivity contribution in [1.82, 2.24) is 9.88 Å². The van der Waals surface area contributed by atoms with Gasteiger partial charge in [0.15, 0.2) is 0 Å². The lowest BCUT2D eigenvalue weighted by atomic mass is 9.72. The molecule has 0 spiro atoms. The lowest BCUT2D eigenvalue weighted by Crippen LogP contribution is -2.51. The van der Waals surface area contributed by atoms with Crippen LogP contribution in [-0.2, 0) is 20.7 Å². The third-order valence-corrected chi connectivity index (χ3v) is 6.54. The number of aromatic nitrogens is 1. The van der Waals surface area contributed by atoms with E-state index in [-0.39, 0.29) is 18.0 Å². The second kappa shape index (κ2) is 5.88. The van der Waals surface area contributed by atoms with Crippen LogP contribution in [0.15, 0.2) is 36.1 Å². The number of ether oxygens (including phenoxy) is 2. The highest BCUT2D eigenvalue weighted by molar-refractivity contribution is 5.89. The van der Waals surface area contributed by atoms with Gasteiger partial charge in [-0.05, 0) is 31.4 Å². The fraction of sp³-hybridized carbons (Fsp3) is 0.476. The Morgan fingerprint density at radius 3 is 3.04 bits per heavy atom. The van der Waals surface area contributed by atoms with Crippen molar-refractivity contribution in [2.45, 2.75) is 31.9 Å². The number of aromatic amines is 1. The van der Waals surface area contributed by atoms with Crippen molar-refractivity contribution in [2.24, 2.45) is 11.8 Å². The number of fused-ring (bicyclic) bond motifs is 6. The molecule has 2 aromatic rings. The molecule has 0 aliphatic carbocycles. The number of nitrogens with one attached hydrogen (secondary N) is 1. The largest absolute Gasteiger partial charge is 0.497 e. The number of esters is 1. The average molecular weight is 352 g/mol. The van der Waals surface area contributed by atoms with Gasteiger partial charge in [-0.3, -0.25) is 4.90 Å². The minimum absolute atomic E-state index is 0.124. The molecule has 1 aromatic carbocycles. The van der Waals surface area contributed by atoms with Gasteiger partial charge in [0.2, 0.25) is 0 Å². The Labute approximate surface area is 153 Å². The number of carbonyl (C=O) groups excluding carboxylic acids is 1. The molecule has 26 heavy (non-hydrogen) atoms. The topological polar surface area (TPSA) is 54.6 Å². The Bertz CT molecular complexity index is 900. The number of rotatable bonds is 1. The van der Waals surface area contributed by atoms with E-state index in [1.807, 2.05) is 0 Å². The molecular weight excluding hydrogens is 328 g/mol. The number of methoxy groups -OCH3 is 1. The Morgan fingerprint density at radius 1 is 1.35 bits per heavy atom. The average Bonchev–Trinajstić information content (AvgIpc) is 3.06. The first-order valence-electron chi connectivity index (χ1n) is 9.44. The Kier molecular flexibility index (Phi) is 3.60. The van der Waals surface area contributed by atoms with Crippen LogP contribution in [0.5, 0.6) is 0 Å². The normalized spacial score (nSPS) is 30.6. The summed E-state index contributed by atoms with van der Waals surface area (Å²) in [7, 11) is 1.45. The van der Waals surface area contributed by atoms with E-state index >= 15 is 0 Å². The summed E-state index contributed by atoms with van der Waals surface area (Å²) in [6.07, 6.45) is 3.77. The molecule has 4 heterocycles. The summed E-state index contributed by atoms with van der Waals surface area (Å²) in [5.74, 6) is 0.258. The number of nitrogens with zero attached hydrogens (tertiary/aromatic N) is 1. The van der Waals surface area contributed by atoms with Gasteiger partial charge in [0.25, 0.3) is 0 Å². The van der Waals surface area contributed by atoms with Crippen LogP contribution >= 0.6 is 0 Å². The molecule has 3 aliphatic rings. The first-order chi connectivity index (χ1) is 12.7. The molecule has 136 valence electrons. The highest BCUT2D eigenvalue weighted by Gasteiger charge is 2.46. The van der Waals surface area contributed by atoms with E-state index in [9.17, 15) is 4.79 Å². The minimum Gasteiger partial charge on any atom is -0.497 e. The lowest BCUT2D eigenvalue weighted by Gasteiger charge is -2.49. The molecule has 1 saturated heterocycles. The van der Waals surface area contributed by atoms with Crippen molar-refractivity contribution in [1.29, 1.82) is 0 Å². The van der Waals surface area contributed by atoms with Gasteiger partial charge in [-0.2, -0.15) is 0 Å². The summed E-state index contributed by atoms with van der Waals surface area (Å²) in [6.45, 7) is 4.13. The zero-order valence-corrected chi connectivity index (χ0v) is 15.2. The molecule has 1 N–H and O–H groups in total. The van der Waals surface area contributed by atoms with Gasteiger partial charge in [-0.15, -0.1) is 0 Å². The standard InChI is InChI=1S/C21H24N2O3/c1-12-16-10-23-8-7-14-13-5-3-4-6-18(13)22-20(14)19(23)9-15(16)17(11-26-12)21(24)25-2/h3-6,11-12,15-16,19,22H,7-10H2,1-2H3/t12-,15+,16?,19?/m0/s1. The van der Waals surface area contributed by atoms with Crippen molar-refractivity contribution in [3.8, 4) is 0 Å². The fourth-order valence-electron chi connectivity index (χ4n) is 5.19. The minimum atomic E-state index is -0.256. The number of H-pyrrole nitrogens is 1. The highest BCUT2D eigenvalue weighted by Crippen LogP contribution is 2.47. The summed E-state index contributed by atoms with van der Waals surface area (Å²) in [5.41, 5.74) is 4.69. The molecule has 1 fully saturated rings. The van der Waals surface area contributed by atoms with E-state index in [1.54, 1.807) is 6.26 Å². The molecule has 4 atom stereocenters. The molecule has 3 aliphatic heterocycles. The zero-order valence-electron chi connectivity index (χ0n) is 15.2. The number of hydrogen-bond donors (Lipinski definition) is 1. The van der Waals surface area contributed by atoms with Crippen molar-refractivity contribution in [2.75, 3.05) is 20.2 Å². The molecule has 0 bridgehead atoms. The van der Waals surface area contributed by atoms with E-state index in [1.165, 1.54) is 29.3 Å². The first kappa shape index (κ1) is 15.9. The summed E-state index contributed by atoms with van der Waals surface area (Å²) in [5, 5.41) is 1.34. The Hall–Kier alpha value is -2.27. The van der Waals surface area contributed by atoms with Gasteiger partial charge >= 0.3 is 5.97 Å². The molecule has 5 nitrogen and oxygen atoms in total. The number of benzene rings is 1. The molecule has 5 heteroatoms. The quantitative estimate of drug-likeness (QED) is 0.801. The maximum Gasteiger partial charge on any atom is 0.337 e. The molecule has 2 unspecified atom stereocenters.